The van der Waals surface area contributed by atoms with Crippen LogP contribution in [0.1, 0.15) is 13.3 Å². The molecule has 0 N–H and O–H groups in total. The Morgan fingerprint density at radius 1 is 1.42 bits per heavy atom. The van der Waals surface area contributed by atoms with E-state index in [2.05, 4.69) is 39.5 Å². The van der Waals surface area contributed by atoms with E-state index in [9.17, 15) is 0 Å². The van der Waals surface area contributed by atoms with Crippen molar-refractivity contribution in [2.24, 2.45) is 5.92 Å². The van der Waals surface area contributed by atoms with E-state index in [0.717, 1.165) is 11.2 Å². The van der Waals surface area contributed by atoms with Crippen LogP contribution in [0.2, 0.25) is 0 Å². The molecule has 0 amide bonds. The molecule has 0 spiro atoms. The molecule has 1 rings (SSSR count). The summed E-state index contributed by atoms with van der Waals surface area (Å²) in [4.78, 5) is 2.60. The number of rotatable bonds is 3. The first kappa shape index (κ1) is 10.9. The lowest BCUT2D eigenvalue weighted by Crippen LogP contribution is -2.31. The quantitative estimate of drug-likeness (QED) is 0.710. The number of thioether (sulfide) groups is 1. The third-order valence-electron chi connectivity index (χ3n) is 2.15. The first-order chi connectivity index (χ1) is 5.83. The van der Waals surface area contributed by atoms with Crippen LogP contribution in [-0.4, -0.2) is 41.4 Å². The fraction of sp³-hybridized carbons (Fsp3) is 1.00. The highest BCUT2D eigenvalue weighted by Crippen LogP contribution is 2.12. The second kappa shape index (κ2) is 6.28. The molecular formula is C9H18BrNS. The maximum absolute atomic E-state index is 3.53. The van der Waals surface area contributed by atoms with Gasteiger partial charge >= 0.3 is 0 Å². The zero-order valence-corrected chi connectivity index (χ0v) is 10.2. The van der Waals surface area contributed by atoms with Crippen LogP contribution in [-0.2, 0) is 0 Å². The Balaban J connectivity index is 2.20. The maximum Gasteiger partial charge on any atom is 0.00725 e. The Labute approximate surface area is 88.4 Å². The average molecular weight is 252 g/mol. The molecule has 1 nitrogen and oxygen atoms in total. The minimum absolute atomic E-state index is 0.799. The molecule has 1 unspecified atom stereocenters. The fourth-order valence-corrected chi connectivity index (χ4v) is 2.60. The van der Waals surface area contributed by atoms with Gasteiger partial charge in [0, 0.05) is 24.2 Å². The van der Waals surface area contributed by atoms with Gasteiger partial charge in [-0.2, -0.15) is 11.8 Å². The second-order valence-electron chi connectivity index (χ2n) is 3.53. The summed E-state index contributed by atoms with van der Waals surface area (Å²) in [6, 6.07) is 0. The molecule has 0 aromatic carbocycles. The van der Waals surface area contributed by atoms with Crippen molar-refractivity contribution in [1.29, 1.82) is 0 Å². The summed E-state index contributed by atoms with van der Waals surface area (Å²) in [7, 11) is 0. The third-order valence-corrected chi connectivity index (χ3v) is 4.30. The van der Waals surface area contributed by atoms with Crippen molar-refractivity contribution in [3.05, 3.63) is 0 Å². The highest BCUT2D eigenvalue weighted by molar-refractivity contribution is 9.09. The van der Waals surface area contributed by atoms with Crippen LogP contribution in [0.4, 0.5) is 0 Å². The summed E-state index contributed by atoms with van der Waals surface area (Å²) < 4.78 is 0. The number of halogens is 1. The number of hydrogen-bond acceptors (Lipinski definition) is 2. The highest BCUT2D eigenvalue weighted by atomic mass is 79.9. The van der Waals surface area contributed by atoms with E-state index in [0.29, 0.717) is 0 Å². The van der Waals surface area contributed by atoms with Gasteiger partial charge in [-0.3, -0.25) is 0 Å². The van der Waals surface area contributed by atoms with E-state index in [-0.39, 0.29) is 0 Å². The lowest BCUT2D eigenvalue weighted by molar-refractivity contribution is 0.265. The lowest BCUT2D eigenvalue weighted by atomic mass is 10.2. The minimum Gasteiger partial charge on any atom is -0.302 e. The Bertz CT molecular complexity index is 113. The van der Waals surface area contributed by atoms with E-state index in [1.165, 1.54) is 37.6 Å². The van der Waals surface area contributed by atoms with Gasteiger partial charge in [0.2, 0.25) is 0 Å². The molecule has 1 aliphatic rings. The summed E-state index contributed by atoms with van der Waals surface area (Å²) in [6.45, 7) is 6.19. The Morgan fingerprint density at radius 2 is 2.25 bits per heavy atom. The molecule has 72 valence electrons. The maximum atomic E-state index is 3.53. The van der Waals surface area contributed by atoms with Crippen molar-refractivity contribution in [1.82, 2.24) is 4.90 Å². The van der Waals surface area contributed by atoms with Crippen molar-refractivity contribution < 1.29 is 0 Å². The van der Waals surface area contributed by atoms with Crippen LogP contribution in [0.15, 0.2) is 0 Å². The van der Waals surface area contributed by atoms with Gasteiger partial charge in [0.05, 0.1) is 0 Å². The summed E-state index contributed by atoms with van der Waals surface area (Å²) in [6.07, 6.45) is 1.37. The van der Waals surface area contributed by atoms with E-state index < -0.39 is 0 Å². The molecule has 3 heteroatoms. The summed E-state index contributed by atoms with van der Waals surface area (Å²) in [5.41, 5.74) is 0. The largest absolute Gasteiger partial charge is 0.302 e. The van der Waals surface area contributed by atoms with Crippen LogP contribution in [0.5, 0.6) is 0 Å². The molecule has 1 saturated heterocycles. The molecule has 0 aromatic rings. The van der Waals surface area contributed by atoms with Crippen LogP contribution < -0.4 is 0 Å². The van der Waals surface area contributed by atoms with Crippen LogP contribution >= 0.6 is 27.7 Å². The molecule has 0 saturated carbocycles. The van der Waals surface area contributed by atoms with Gasteiger partial charge in [0.25, 0.3) is 0 Å². The third kappa shape index (κ3) is 4.15. The predicted molar refractivity (Wildman–Crippen MR) is 61.3 cm³/mol. The van der Waals surface area contributed by atoms with Crippen molar-refractivity contribution in [3.63, 3.8) is 0 Å². The summed E-state index contributed by atoms with van der Waals surface area (Å²) >= 11 is 5.63. The molecule has 0 aromatic heterocycles. The van der Waals surface area contributed by atoms with Crippen LogP contribution in [0.25, 0.3) is 0 Å². The Morgan fingerprint density at radius 3 is 3.00 bits per heavy atom. The van der Waals surface area contributed by atoms with Gasteiger partial charge < -0.3 is 4.90 Å². The standard InChI is InChI=1S/C9H18BrNS/c1-9(7-10)8-11-3-2-5-12-6-4-11/h9H,2-8H2,1H3. The molecule has 0 radical (unpaired) electrons. The van der Waals surface area contributed by atoms with E-state index >= 15 is 0 Å². The van der Waals surface area contributed by atoms with E-state index in [4.69, 9.17) is 0 Å². The van der Waals surface area contributed by atoms with Crippen molar-refractivity contribution >= 4 is 27.7 Å². The molecular weight excluding hydrogens is 234 g/mol. The molecule has 1 atom stereocenters. The lowest BCUT2D eigenvalue weighted by Gasteiger charge is -2.22. The van der Waals surface area contributed by atoms with Gasteiger partial charge in [-0.15, -0.1) is 0 Å². The van der Waals surface area contributed by atoms with Crippen molar-refractivity contribution in [3.8, 4) is 0 Å². The van der Waals surface area contributed by atoms with Gasteiger partial charge in [-0.05, 0) is 24.6 Å². The first-order valence-electron chi connectivity index (χ1n) is 4.69. The highest BCUT2D eigenvalue weighted by Gasteiger charge is 2.11. The Hall–Kier alpha value is 0.790. The topological polar surface area (TPSA) is 3.24 Å². The summed E-state index contributed by atoms with van der Waals surface area (Å²) in [5, 5.41) is 1.14. The predicted octanol–water partition coefficient (Wildman–Crippen LogP) is 2.46. The molecule has 12 heavy (non-hydrogen) atoms. The van der Waals surface area contributed by atoms with Crippen molar-refractivity contribution in [2.45, 2.75) is 13.3 Å². The van der Waals surface area contributed by atoms with Gasteiger partial charge in [-0.25, -0.2) is 0 Å². The number of hydrogen-bond donors (Lipinski definition) is 0. The van der Waals surface area contributed by atoms with Crippen LogP contribution in [0, 0.1) is 5.92 Å². The van der Waals surface area contributed by atoms with Crippen molar-refractivity contribution in [2.75, 3.05) is 36.5 Å². The van der Waals surface area contributed by atoms with E-state index in [1.807, 2.05) is 0 Å². The zero-order valence-electron chi connectivity index (χ0n) is 7.76. The SMILES string of the molecule is CC(CBr)CN1CCCSCC1. The van der Waals surface area contributed by atoms with Gasteiger partial charge in [0.1, 0.15) is 0 Å². The van der Waals surface area contributed by atoms with Gasteiger partial charge in [0.15, 0.2) is 0 Å². The monoisotopic (exact) mass is 251 g/mol. The molecule has 1 fully saturated rings. The van der Waals surface area contributed by atoms with E-state index in [1.54, 1.807) is 0 Å². The molecule has 0 aliphatic carbocycles. The van der Waals surface area contributed by atoms with Gasteiger partial charge in [-0.1, -0.05) is 22.9 Å². The molecule has 0 bridgehead atoms. The first-order valence-corrected chi connectivity index (χ1v) is 6.96. The normalized spacial score (nSPS) is 23.5. The molecule has 1 heterocycles. The number of nitrogens with zero attached hydrogens (tertiary/aromatic N) is 1. The van der Waals surface area contributed by atoms with Crippen LogP contribution in [0.3, 0.4) is 0 Å². The zero-order chi connectivity index (χ0) is 8.81. The minimum atomic E-state index is 0.799. The average Bonchev–Trinajstić information content (AvgIpc) is 2.33. The Kier molecular flexibility index (Phi) is 5.68. The summed E-state index contributed by atoms with van der Waals surface area (Å²) in [5.74, 6) is 3.49. The number of alkyl halides is 1. The second-order valence-corrected chi connectivity index (χ2v) is 5.40. The molecule has 1 aliphatic heterocycles. The fourth-order valence-electron chi connectivity index (χ4n) is 1.47. The smallest absolute Gasteiger partial charge is 0.00725 e.